The van der Waals surface area contributed by atoms with E-state index in [1.807, 2.05) is 48.5 Å². The van der Waals surface area contributed by atoms with E-state index in [0.717, 1.165) is 52.1 Å². The number of carbonyl (C=O) groups excluding carboxylic acids is 5. The summed E-state index contributed by atoms with van der Waals surface area (Å²) in [7, 11) is 3.36. The van der Waals surface area contributed by atoms with E-state index >= 15 is 0 Å². The van der Waals surface area contributed by atoms with Gasteiger partial charge < -0.3 is 29.6 Å². The number of isocyanates is 1. The Hall–Kier alpha value is -2.26. The molecular formula is C31H73N3O8. The lowest BCUT2D eigenvalue weighted by Gasteiger charge is -1.93. The molecule has 11 nitrogen and oxygen atoms in total. The van der Waals surface area contributed by atoms with Crippen molar-refractivity contribution < 1.29 is 38.2 Å². The molecule has 0 heterocycles. The first kappa shape index (κ1) is 67.4. The number of ether oxygens (including phenoxy) is 3. The maximum absolute atomic E-state index is 10.3. The third kappa shape index (κ3) is 442. The van der Waals surface area contributed by atoms with Crippen molar-refractivity contribution in [1.82, 2.24) is 10.6 Å². The second-order valence-electron chi connectivity index (χ2n) is 6.86. The molecule has 1 amide bonds. The van der Waals surface area contributed by atoms with Crippen LogP contribution in [0, 0.1) is 5.41 Å². The predicted molar refractivity (Wildman–Crippen MR) is 177 cm³/mol. The van der Waals surface area contributed by atoms with Crippen molar-refractivity contribution >= 4 is 23.9 Å². The van der Waals surface area contributed by atoms with Gasteiger partial charge in [-0.2, -0.15) is 9.59 Å². The molecule has 0 spiro atoms. The van der Waals surface area contributed by atoms with Gasteiger partial charge in [-0.1, -0.05) is 68.2 Å². The van der Waals surface area contributed by atoms with Crippen molar-refractivity contribution in [2.45, 2.75) is 123 Å². The summed E-state index contributed by atoms with van der Waals surface area (Å²) in [5, 5.41) is 11.2. The second kappa shape index (κ2) is 117. The van der Waals surface area contributed by atoms with Gasteiger partial charge in [0.2, 0.25) is 12.0 Å². The van der Waals surface area contributed by atoms with Crippen LogP contribution in [0.3, 0.4) is 0 Å². The molecule has 0 unspecified atom stereocenters. The molecule has 0 aliphatic rings. The normalized spacial score (nSPS) is 6.95. The Morgan fingerprint density at radius 1 is 0.619 bits per heavy atom. The molecule has 0 saturated carbocycles. The van der Waals surface area contributed by atoms with Crippen LogP contribution in [0.4, 0.5) is 0 Å². The van der Waals surface area contributed by atoms with Gasteiger partial charge in [-0.25, -0.2) is 10.2 Å². The molecule has 42 heavy (non-hydrogen) atoms. The Bertz CT molecular complexity index is 410. The Morgan fingerprint density at radius 2 is 0.857 bits per heavy atom. The molecule has 0 atom stereocenters. The number of hydrogen-bond acceptors (Lipinski definition) is 10. The van der Waals surface area contributed by atoms with Crippen molar-refractivity contribution in [3.05, 3.63) is 0 Å². The third-order valence-electron chi connectivity index (χ3n) is 2.68. The highest BCUT2D eigenvalue weighted by molar-refractivity contribution is 5.75. The highest BCUT2D eigenvalue weighted by Gasteiger charge is 1.88. The number of Topliss-reactive ketones (excluding diaryl/α,β-unsaturated/α-hetero) is 1. The molecular weight excluding hydrogens is 542 g/mol. The van der Waals surface area contributed by atoms with E-state index in [9.17, 15) is 9.59 Å². The Labute approximate surface area is 261 Å². The van der Waals surface area contributed by atoms with Crippen LogP contribution in [0.1, 0.15) is 123 Å². The molecule has 3 N–H and O–H groups in total. The first-order valence-corrected chi connectivity index (χ1v) is 15.0. The molecule has 0 aromatic rings. The van der Waals surface area contributed by atoms with Crippen LogP contribution < -0.4 is 10.6 Å². The molecule has 0 aromatic carbocycles. The fourth-order valence-corrected chi connectivity index (χ4v) is 0.776. The molecule has 0 bridgehead atoms. The van der Waals surface area contributed by atoms with Crippen LogP contribution in [-0.2, 0) is 38.2 Å². The smallest absolute Gasteiger partial charge is 0.373 e. The van der Waals surface area contributed by atoms with Crippen LogP contribution in [0.5, 0.6) is 0 Å². The maximum atomic E-state index is 10.3. The van der Waals surface area contributed by atoms with Crippen LogP contribution >= 0.6 is 0 Å². The van der Waals surface area contributed by atoms with Gasteiger partial charge in [0, 0.05) is 60.0 Å². The highest BCUT2D eigenvalue weighted by atomic mass is 16.5. The van der Waals surface area contributed by atoms with Crippen molar-refractivity contribution in [2.24, 2.45) is 0 Å². The number of nitrogens with one attached hydrogen (secondary N) is 3. The SMILES string of the molecule is CCC.CCC.CCC(C)=O.CCNC(=O)CC.CCNCC.CCOC.CCOC.CCOCC.N=C=O.O=C=O. The van der Waals surface area contributed by atoms with Gasteiger partial charge in [0.05, 0.1) is 0 Å². The zero-order valence-electron chi connectivity index (χ0n) is 30.5. The first-order valence-electron chi connectivity index (χ1n) is 15.0. The van der Waals surface area contributed by atoms with Crippen molar-refractivity contribution in [2.75, 3.05) is 60.3 Å². The van der Waals surface area contributed by atoms with Gasteiger partial charge >= 0.3 is 6.15 Å². The molecule has 0 aromatic heterocycles. The van der Waals surface area contributed by atoms with E-state index in [1.54, 1.807) is 21.1 Å². The Balaban J connectivity index is -0.0000000344. The van der Waals surface area contributed by atoms with Crippen LogP contribution in [0.2, 0.25) is 0 Å². The number of rotatable bonds is 9. The molecule has 0 saturated heterocycles. The molecule has 0 aliphatic carbocycles. The summed E-state index contributed by atoms with van der Waals surface area (Å²) in [5.41, 5.74) is 0. The zero-order chi connectivity index (χ0) is 35.9. The largest absolute Gasteiger partial charge is 0.385 e. The van der Waals surface area contributed by atoms with E-state index in [2.05, 4.69) is 61.6 Å². The van der Waals surface area contributed by atoms with Gasteiger partial charge in [0.15, 0.2) is 0 Å². The zero-order valence-corrected chi connectivity index (χ0v) is 30.5. The van der Waals surface area contributed by atoms with Gasteiger partial charge in [-0.15, -0.1) is 0 Å². The van der Waals surface area contributed by atoms with E-state index in [-0.39, 0.29) is 17.8 Å². The van der Waals surface area contributed by atoms with Crippen LogP contribution in [0.25, 0.3) is 0 Å². The second-order valence-corrected chi connectivity index (χ2v) is 6.86. The number of methoxy groups -OCH3 is 2. The molecule has 0 radical (unpaired) electrons. The van der Waals surface area contributed by atoms with Crippen molar-refractivity contribution in [3.63, 3.8) is 0 Å². The monoisotopic (exact) mass is 616 g/mol. The topological polar surface area (TPSA) is 161 Å². The lowest BCUT2D eigenvalue weighted by molar-refractivity contribution is -0.191. The summed E-state index contributed by atoms with van der Waals surface area (Å²) >= 11 is 0. The lowest BCUT2D eigenvalue weighted by atomic mass is 10.4. The Morgan fingerprint density at radius 3 is 0.881 bits per heavy atom. The number of hydrogen-bond donors (Lipinski definition) is 3. The number of amides is 1. The molecule has 0 fully saturated rings. The standard InChI is InChI=1S/C5H11NO.C4H11N.C4H10O.C4H8O.2C3H8O.2C3H8.CHNO.CO2/c1-3-5(7)6-4-2;2*1-3-5-4-2;1-3-4(2)5;2*1-3-4-2;2*1-3-2;2*2-1-3/h3-4H2,1-2H3,(H,6,7);5H,3-4H2,1-2H3;3-4H2,1-2H3;3H2,1-2H3;2*3H2,1-2H3;2*3H2,1-2H3;2H;. The van der Waals surface area contributed by atoms with Gasteiger partial charge in [0.25, 0.3) is 0 Å². The minimum atomic E-state index is 0.127. The minimum Gasteiger partial charge on any atom is -0.385 e. The fourth-order valence-electron chi connectivity index (χ4n) is 0.776. The summed E-state index contributed by atoms with van der Waals surface area (Å²) in [5.74, 6) is 0.382. The van der Waals surface area contributed by atoms with E-state index in [0.29, 0.717) is 12.8 Å². The molecule has 0 rings (SSSR count). The summed E-state index contributed by atoms with van der Waals surface area (Å²) in [6, 6.07) is 0. The summed E-state index contributed by atoms with van der Waals surface area (Å²) in [6.45, 7) is 34.0. The first-order chi connectivity index (χ1) is 19.9. The van der Waals surface area contributed by atoms with E-state index in [4.69, 9.17) is 24.5 Å². The highest BCUT2D eigenvalue weighted by Crippen LogP contribution is 1.72. The van der Waals surface area contributed by atoms with E-state index in [1.165, 1.54) is 12.8 Å². The average Bonchev–Trinajstić information content (AvgIpc) is 2.97. The van der Waals surface area contributed by atoms with Gasteiger partial charge in [-0.05, 0) is 54.6 Å². The molecule has 260 valence electrons. The quantitative estimate of drug-likeness (QED) is 0.191. The fraction of sp³-hybridized carbons (Fsp3) is 0.871. The number of ketones is 1. The summed E-state index contributed by atoms with van der Waals surface area (Å²) in [4.78, 5) is 44.7. The number of carbonyl (C=O) groups is 2. The maximum Gasteiger partial charge on any atom is 0.373 e. The average molecular weight is 616 g/mol. The lowest BCUT2D eigenvalue weighted by Crippen LogP contribution is -2.20. The van der Waals surface area contributed by atoms with Crippen LogP contribution in [-0.4, -0.2) is 84.2 Å². The van der Waals surface area contributed by atoms with Crippen molar-refractivity contribution in [1.29, 1.82) is 5.41 Å². The minimum absolute atomic E-state index is 0.127. The Kier molecular flexibility index (Phi) is 187. The van der Waals surface area contributed by atoms with Crippen LogP contribution in [0.15, 0.2) is 0 Å². The van der Waals surface area contributed by atoms with Gasteiger partial charge in [0.1, 0.15) is 5.78 Å². The third-order valence-corrected chi connectivity index (χ3v) is 2.68. The predicted octanol–water partition coefficient (Wildman–Crippen LogP) is 6.63. The molecule has 0 aliphatic heterocycles. The van der Waals surface area contributed by atoms with Crippen molar-refractivity contribution in [3.8, 4) is 0 Å². The summed E-state index contributed by atoms with van der Waals surface area (Å²) < 4.78 is 13.9. The summed E-state index contributed by atoms with van der Waals surface area (Å²) in [6.07, 6.45) is 4.76. The van der Waals surface area contributed by atoms with Gasteiger partial charge in [-0.3, -0.25) is 4.79 Å². The molecule has 11 heteroatoms. The van der Waals surface area contributed by atoms with E-state index < -0.39 is 0 Å².